The van der Waals surface area contributed by atoms with Crippen LogP contribution in [0.4, 0.5) is 4.39 Å². The van der Waals surface area contributed by atoms with E-state index >= 15 is 0 Å². The lowest BCUT2D eigenvalue weighted by atomic mass is 10.0. The molecule has 3 nitrogen and oxygen atoms in total. The third-order valence-electron chi connectivity index (χ3n) is 2.20. The number of halogens is 1. The highest BCUT2D eigenvalue weighted by Crippen LogP contribution is 2.30. The van der Waals surface area contributed by atoms with Gasteiger partial charge in [-0.15, -0.1) is 0 Å². The van der Waals surface area contributed by atoms with Crippen LogP contribution in [0.2, 0.25) is 0 Å². The van der Waals surface area contributed by atoms with E-state index < -0.39 is 12.6 Å². The van der Waals surface area contributed by atoms with Gasteiger partial charge >= 0.3 is 5.97 Å². The number of ether oxygens (including phenoxy) is 1. The largest absolute Gasteiger partial charge is 0.463 e. The van der Waals surface area contributed by atoms with Crippen molar-refractivity contribution in [1.29, 1.82) is 0 Å². The normalized spacial score (nSPS) is 22.2. The summed E-state index contributed by atoms with van der Waals surface area (Å²) in [6.45, 7) is 1.48. The van der Waals surface area contributed by atoms with Crippen LogP contribution >= 0.6 is 0 Å². The van der Waals surface area contributed by atoms with Gasteiger partial charge in [-0.3, -0.25) is 4.39 Å². The molecule has 1 atom stereocenters. The van der Waals surface area contributed by atoms with Crippen molar-refractivity contribution in [2.75, 3.05) is 13.3 Å². The second-order valence-electron chi connectivity index (χ2n) is 3.05. The molecule has 4 heteroatoms. The summed E-state index contributed by atoms with van der Waals surface area (Å²) in [6.07, 6.45) is 1.22. The third-order valence-corrected chi connectivity index (χ3v) is 2.20. The van der Waals surface area contributed by atoms with Gasteiger partial charge in [0.2, 0.25) is 0 Å². The molecule has 13 heavy (non-hydrogen) atoms. The van der Waals surface area contributed by atoms with Gasteiger partial charge in [0.05, 0.1) is 18.9 Å². The van der Waals surface area contributed by atoms with Crippen molar-refractivity contribution in [3.05, 3.63) is 11.3 Å². The Kier molecular flexibility index (Phi) is 3.28. The Morgan fingerprint density at radius 1 is 1.77 bits per heavy atom. The van der Waals surface area contributed by atoms with Crippen molar-refractivity contribution < 1.29 is 13.9 Å². The molecule has 1 unspecified atom stereocenters. The van der Waals surface area contributed by atoms with E-state index in [-0.39, 0.29) is 5.92 Å². The average molecular weight is 187 g/mol. The van der Waals surface area contributed by atoms with E-state index in [0.29, 0.717) is 30.7 Å². The van der Waals surface area contributed by atoms with Gasteiger partial charge in [0, 0.05) is 11.6 Å². The van der Waals surface area contributed by atoms with Crippen molar-refractivity contribution in [3.8, 4) is 0 Å². The lowest BCUT2D eigenvalue weighted by Crippen LogP contribution is -2.16. The molecule has 0 radical (unpaired) electrons. The van der Waals surface area contributed by atoms with Crippen LogP contribution < -0.4 is 5.73 Å². The van der Waals surface area contributed by atoms with E-state index in [1.165, 1.54) is 0 Å². The summed E-state index contributed by atoms with van der Waals surface area (Å²) < 4.78 is 17.2. The van der Waals surface area contributed by atoms with Crippen LogP contribution in [-0.2, 0) is 9.53 Å². The summed E-state index contributed by atoms with van der Waals surface area (Å²) in [7, 11) is 0. The van der Waals surface area contributed by atoms with Gasteiger partial charge in [-0.2, -0.15) is 0 Å². The molecule has 0 aromatic carbocycles. The smallest absolute Gasteiger partial charge is 0.336 e. The molecule has 0 heterocycles. The van der Waals surface area contributed by atoms with E-state index in [1.54, 1.807) is 6.92 Å². The topological polar surface area (TPSA) is 52.3 Å². The summed E-state index contributed by atoms with van der Waals surface area (Å²) in [5.41, 5.74) is 6.43. The molecule has 74 valence electrons. The summed E-state index contributed by atoms with van der Waals surface area (Å²) in [5, 5.41) is 0. The summed E-state index contributed by atoms with van der Waals surface area (Å²) in [5.74, 6) is -0.806. The van der Waals surface area contributed by atoms with Gasteiger partial charge in [-0.1, -0.05) is 0 Å². The van der Waals surface area contributed by atoms with Gasteiger partial charge in [0.1, 0.15) is 0 Å². The zero-order chi connectivity index (χ0) is 9.84. The molecule has 1 aliphatic rings. The van der Waals surface area contributed by atoms with E-state index in [9.17, 15) is 9.18 Å². The van der Waals surface area contributed by atoms with Crippen molar-refractivity contribution in [2.45, 2.75) is 19.8 Å². The molecule has 0 amide bonds. The number of allylic oxidation sites excluding steroid dienone is 1. The number of carbonyl (C=O) groups excluding carboxylic acids is 1. The summed E-state index contributed by atoms with van der Waals surface area (Å²) in [6, 6.07) is 0. The van der Waals surface area contributed by atoms with Crippen molar-refractivity contribution in [2.24, 2.45) is 11.7 Å². The van der Waals surface area contributed by atoms with Gasteiger partial charge in [-0.05, 0) is 19.8 Å². The molecule has 0 aromatic heterocycles. The molecule has 0 saturated carbocycles. The highest BCUT2D eigenvalue weighted by molar-refractivity contribution is 5.90. The van der Waals surface area contributed by atoms with Crippen LogP contribution in [-0.4, -0.2) is 19.3 Å². The summed E-state index contributed by atoms with van der Waals surface area (Å²) >= 11 is 0. The van der Waals surface area contributed by atoms with Crippen LogP contribution in [0.15, 0.2) is 11.3 Å². The maximum absolute atomic E-state index is 12.4. The van der Waals surface area contributed by atoms with Gasteiger partial charge in [0.15, 0.2) is 0 Å². The second kappa shape index (κ2) is 4.25. The molecule has 0 spiro atoms. The molecule has 2 N–H and O–H groups in total. The van der Waals surface area contributed by atoms with Gasteiger partial charge in [0.25, 0.3) is 0 Å². The number of nitrogens with two attached hydrogens (primary N) is 1. The molecule has 1 rings (SSSR count). The van der Waals surface area contributed by atoms with Crippen LogP contribution in [0.5, 0.6) is 0 Å². The Morgan fingerprint density at radius 2 is 2.46 bits per heavy atom. The quantitative estimate of drug-likeness (QED) is 0.674. The van der Waals surface area contributed by atoms with Gasteiger partial charge in [-0.25, -0.2) is 4.79 Å². The third kappa shape index (κ3) is 1.99. The molecule has 0 aliphatic heterocycles. The Balaban J connectivity index is 2.74. The Bertz CT molecular complexity index is 238. The lowest BCUT2D eigenvalue weighted by molar-refractivity contribution is -0.139. The van der Waals surface area contributed by atoms with Crippen LogP contribution in [0.3, 0.4) is 0 Å². The fraction of sp³-hybridized carbons (Fsp3) is 0.667. The number of hydrogen-bond donors (Lipinski definition) is 1. The minimum Gasteiger partial charge on any atom is -0.463 e. The first-order valence-electron chi connectivity index (χ1n) is 4.42. The van der Waals surface area contributed by atoms with E-state index in [1.807, 2.05) is 0 Å². The number of esters is 1. The minimum absolute atomic E-state index is 0.300. The number of hydrogen-bond acceptors (Lipinski definition) is 3. The standard InChI is InChI=1S/C9H14FNO2/c1-2-13-9(12)8-6(5-10)3-4-7(8)11/h6H,2-5,11H2,1H3. The molecule has 0 fully saturated rings. The molecule has 1 aliphatic carbocycles. The first-order valence-corrected chi connectivity index (χ1v) is 4.42. The Morgan fingerprint density at radius 3 is 3.00 bits per heavy atom. The molecule has 0 bridgehead atoms. The maximum atomic E-state index is 12.4. The number of carbonyl (C=O) groups is 1. The van der Waals surface area contributed by atoms with E-state index in [0.717, 1.165) is 0 Å². The fourth-order valence-corrected chi connectivity index (χ4v) is 1.53. The second-order valence-corrected chi connectivity index (χ2v) is 3.05. The van der Waals surface area contributed by atoms with E-state index in [2.05, 4.69) is 0 Å². The predicted octanol–water partition coefficient (Wildman–Crippen LogP) is 1.14. The molecule has 0 aromatic rings. The zero-order valence-electron chi connectivity index (χ0n) is 7.68. The Hall–Kier alpha value is -1.06. The van der Waals surface area contributed by atoms with Crippen molar-refractivity contribution >= 4 is 5.97 Å². The number of rotatable bonds is 3. The van der Waals surface area contributed by atoms with E-state index in [4.69, 9.17) is 10.5 Å². The van der Waals surface area contributed by atoms with Crippen LogP contribution in [0.1, 0.15) is 19.8 Å². The maximum Gasteiger partial charge on any atom is 0.336 e. The average Bonchev–Trinajstić information content (AvgIpc) is 2.47. The van der Waals surface area contributed by atoms with Gasteiger partial charge < -0.3 is 10.5 Å². The van der Waals surface area contributed by atoms with Crippen molar-refractivity contribution in [3.63, 3.8) is 0 Å². The fourth-order valence-electron chi connectivity index (χ4n) is 1.53. The van der Waals surface area contributed by atoms with Crippen molar-refractivity contribution in [1.82, 2.24) is 0 Å². The van der Waals surface area contributed by atoms with Crippen LogP contribution in [0, 0.1) is 5.92 Å². The zero-order valence-corrected chi connectivity index (χ0v) is 7.68. The minimum atomic E-state index is -0.533. The van der Waals surface area contributed by atoms with Crippen LogP contribution in [0.25, 0.3) is 0 Å². The molecular weight excluding hydrogens is 173 g/mol. The lowest BCUT2D eigenvalue weighted by Gasteiger charge is -2.09. The number of alkyl halides is 1. The predicted molar refractivity (Wildman–Crippen MR) is 46.5 cm³/mol. The monoisotopic (exact) mass is 187 g/mol. The highest BCUT2D eigenvalue weighted by Gasteiger charge is 2.30. The Labute approximate surface area is 76.7 Å². The highest BCUT2D eigenvalue weighted by atomic mass is 19.1. The summed E-state index contributed by atoms with van der Waals surface area (Å²) in [4.78, 5) is 11.3. The molecular formula is C9H14FNO2. The first kappa shape index (κ1) is 10.0. The molecule has 0 saturated heterocycles. The first-order chi connectivity index (χ1) is 6.20. The SMILES string of the molecule is CCOC(=O)C1=C(N)CCC1CF.